The third kappa shape index (κ3) is 3.23. The molecule has 1 heterocycles. The van der Waals surface area contributed by atoms with Crippen LogP contribution in [0.3, 0.4) is 0 Å². The number of amides is 1. The maximum absolute atomic E-state index is 11.7. The van der Waals surface area contributed by atoms with Crippen molar-refractivity contribution in [2.75, 3.05) is 19.7 Å². The van der Waals surface area contributed by atoms with Gasteiger partial charge in [-0.1, -0.05) is 12.1 Å². The first-order valence-corrected chi connectivity index (χ1v) is 6.16. The van der Waals surface area contributed by atoms with Crippen LogP contribution in [0, 0.1) is 6.92 Å². The minimum Gasteiger partial charge on any atom is -0.493 e. The molecule has 4 heteroatoms. The third-order valence-corrected chi connectivity index (χ3v) is 2.99. The molecule has 98 valence electrons. The minimum atomic E-state index is -0.701. The van der Waals surface area contributed by atoms with Crippen LogP contribution in [0.2, 0.25) is 0 Å². The molecule has 0 unspecified atom stereocenters. The lowest BCUT2D eigenvalue weighted by atomic mass is 9.97. The Morgan fingerprint density at radius 2 is 2.22 bits per heavy atom. The van der Waals surface area contributed by atoms with Gasteiger partial charge in [0.25, 0.3) is 0 Å². The molecule has 0 spiro atoms. The number of benzene rings is 1. The number of aliphatic hydroxyl groups is 1. The molecule has 1 aliphatic heterocycles. The summed E-state index contributed by atoms with van der Waals surface area (Å²) in [6.45, 7) is 4.97. The topological polar surface area (TPSA) is 49.8 Å². The highest BCUT2D eigenvalue weighted by atomic mass is 16.5. The van der Waals surface area contributed by atoms with E-state index in [2.05, 4.69) is 0 Å². The van der Waals surface area contributed by atoms with Crippen molar-refractivity contribution in [3.8, 4) is 5.75 Å². The maximum atomic E-state index is 11.7. The summed E-state index contributed by atoms with van der Waals surface area (Å²) in [6, 6.07) is 7.75. The van der Waals surface area contributed by atoms with E-state index in [1.54, 1.807) is 11.8 Å². The monoisotopic (exact) mass is 249 g/mol. The van der Waals surface area contributed by atoms with Crippen LogP contribution < -0.4 is 4.74 Å². The zero-order valence-electron chi connectivity index (χ0n) is 10.8. The van der Waals surface area contributed by atoms with Crippen molar-refractivity contribution in [2.45, 2.75) is 25.9 Å². The number of aryl methyl sites for hydroxylation is 1. The van der Waals surface area contributed by atoms with Crippen molar-refractivity contribution in [3.05, 3.63) is 29.8 Å². The highest BCUT2D eigenvalue weighted by Gasteiger charge is 2.38. The molecule has 4 nitrogen and oxygen atoms in total. The van der Waals surface area contributed by atoms with Crippen LogP contribution >= 0.6 is 0 Å². The van der Waals surface area contributed by atoms with E-state index in [4.69, 9.17) is 4.74 Å². The molecular weight excluding hydrogens is 230 g/mol. The Kier molecular flexibility index (Phi) is 3.57. The molecule has 0 radical (unpaired) electrons. The summed E-state index contributed by atoms with van der Waals surface area (Å²) in [5.74, 6) is 0.826. The SMILES string of the molecule is Cc1cccc(OCCC(=O)N2CC(C)(O)C2)c1. The molecule has 18 heavy (non-hydrogen) atoms. The van der Waals surface area contributed by atoms with Gasteiger partial charge in [-0.2, -0.15) is 0 Å². The number of ether oxygens (including phenoxy) is 1. The van der Waals surface area contributed by atoms with E-state index in [-0.39, 0.29) is 5.91 Å². The predicted octanol–water partition coefficient (Wildman–Crippen LogP) is 1.36. The maximum Gasteiger partial charge on any atom is 0.226 e. The Bertz CT molecular complexity index is 434. The average Bonchev–Trinajstić information content (AvgIpc) is 2.25. The van der Waals surface area contributed by atoms with Gasteiger partial charge < -0.3 is 14.7 Å². The average molecular weight is 249 g/mol. The first kappa shape index (κ1) is 12.9. The Morgan fingerprint density at radius 1 is 1.50 bits per heavy atom. The van der Waals surface area contributed by atoms with Gasteiger partial charge in [0.15, 0.2) is 0 Å². The fraction of sp³-hybridized carbons (Fsp3) is 0.500. The summed E-state index contributed by atoms with van der Waals surface area (Å²) in [5, 5.41) is 9.54. The zero-order valence-corrected chi connectivity index (χ0v) is 10.8. The van der Waals surface area contributed by atoms with E-state index in [0.29, 0.717) is 26.1 Å². The number of nitrogens with zero attached hydrogens (tertiary/aromatic N) is 1. The number of β-amino-alcohol motifs (C(OH)–C–C–N with tert-alkyl or cyclic N) is 1. The normalized spacial score (nSPS) is 17.2. The molecule has 0 atom stereocenters. The molecule has 0 saturated carbocycles. The third-order valence-electron chi connectivity index (χ3n) is 2.99. The van der Waals surface area contributed by atoms with Gasteiger partial charge >= 0.3 is 0 Å². The molecule has 1 aliphatic rings. The largest absolute Gasteiger partial charge is 0.493 e. The fourth-order valence-corrected chi connectivity index (χ4v) is 2.07. The van der Waals surface area contributed by atoms with E-state index < -0.39 is 5.60 Å². The van der Waals surface area contributed by atoms with Crippen LogP contribution in [0.4, 0.5) is 0 Å². The second-order valence-corrected chi connectivity index (χ2v) is 5.16. The van der Waals surface area contributed by atoms with Crippen LogP contribution in [0.15, 0.2) is 24.3 Å². The molecule has 0 aromatic heterocycles. The number of carbonyl (C=O) groups excluding carboxylic acids is 1. The summed E-state index contributed by atoms with van der Waals surface area (Å²) >= 11 is 0. The quantitative estimate of drug-likeness (QED) is 0.876. The number of hydrogen-bond acceptors (Lipinski definition) is 3. The molecule has 1 aromatic carbocycles. The molecule has 1 fully saturated rings. The molecular formula is C14H19NO3. The van der Waals surface area contributed by atoms with Gasteiger partial charge in [-0.3, -0.25) is 4.79 Å². The standard InChI is InChI=1S/C14H19NO3/c1-11-4-3-5-12(8-11)18-7-6-13(16)15-9-14(2,17)10-15/h3-5,8,17H,6-7,9-10H2,1-2H3. The second kappa shape index (κ2) is 4.98. The summed E-state index contributed by atoms with van der Waals surface area (Å²) in [4.78, 5) is 13.4. The summed E-state index contributed by atoms with van der Waals surface area (Å²) < 4.78 is 5.52. The van der Waals surface area contributed by atoms with Crippen LogP contribution in [0.5, 0.6) is 5.75 Å². The lowest BCUT2D eigenvalue weighted by molar-refractivity contribution is -0.152. The lowest BCUT2D eigenvalue weighted by Crippen LogP contribution is -2.61. The van der Waals surface area contributed by atoms with Crippen molar-refractivity contribution in [3.63, 3.8) is 0 Å². The van der Waals surface area contributed by atoms with Crippen LogP contribution in [-0.2, 0) is 4.79 Å². The first-order valence-electron chi connectivity index (χ1n) is 6.16. The molecule has 2 rings (SSSR count). The molecule has 0 bridgehead atoms. The van der Waals surface area contributed by atoms with Gasteiger partial charge in [0, 0.05) is 0 Å². The second-order valence-electron chi connectivity index (χ2n) is 5.16. The first-order chi connectivity index (χ1) is 8.46. The molecule has 1 amide bonds. The van der Waals surface area contributed by atoms with E-state index in [0.717, 1.165) is 11.3 Å². The van der Waals surface area contributed by atoms with Crippen LogP contribution in [-0.4, -0.2) is 41.2 Å². The summed E-state index contributed by atoms with van der Waals surface area (Å²) in [5.41, 5.74) is 0.435. The van der Waals surface area contributed by atoms with Crippen LogP contribution in [0.25, 0.3) is 0 Å². The number of rotatable bonds is 4. The van der Waals surface area contributed by atoms with E-state index in [9.17, 15) is 9.90 Å². The van der Waals surface area contributed by atoms with E-state index >= 15 is 0 Å². The molecule has 0 aliphatic carbocycles. The number of likely N-dealkylation sites (tertiary alicyclic amines) is 1. The molecule has 1 aromatic rings. The van der Waals surface area contributed by atoms with Crippen molar-refractivity contribution in [1.29, 1.82) is 0 Å². The highest BCUT2D eigenvalue weighted by molar-refractivity contribution is 5.77. The van der Waals surface area contributed by atoms with Gasteiger partial charge in [0.2, 0.25) is 5.91 Å². The Labute approximate surface area is 107 Å². The van der Waals surface area contributed by atoms with Crippen molar-refractivity contribution < 1.29 is 14.6 Å². The van der Waals surface area contributed by atoms with Gasteiger partial charge in [0.1, 0.15) is 5.75 Å². The minimum absolute atomic E-state index is 0.0363. The van der Waals surface area contributed by atoms with Gasteiger partial charge in [-0.15, -0.1) is 0 Å². The van der Waals surface area contributed by atoms with Gasteiger partial charge in [0.05, 0.1) is 31.7 Å². The van der Waals surface area contributed by atoms with Crippen molar-refractivity contribution >= 4 is 5.91 Å². The smallest absolute Gasteiger partial charge is 0.226 e. The van der Waals surface area contributed by atoms with E-state index in [1.807, 2.05) is 31.2 Å². The van der Waals surface area contributed by atoms with Crippen molar-refractivity contribution in [2.24, 2.45) is 0 Å². The fourth-order valence-electron chi connectivity index (χ4n) is 2.07. The molecule has 1 N–H and O–H groups in total. The highest BCUT2D eigenvalue weighted by Crippen LogP contribution is 2.20. The van der Waals surface area contributed by atoms with E-state index in [1.165, 1.54) is 0 Å². The number of hydrogen-bond donors (Lipinski definition) is 1. The summed E-state index contributed by atoms with van der Waals surface area (Å²) in [6.07, 6.45) is 0.351. The zero-order chi connectivity index (χ0) is 13.2. The van der Waals surface area contributed by atoms with Crippen molar-refractivity contribution in [1.82, 2.24) is 4.90 Å². The number of carbonyl (C=O) groups is 1. The van der Waals surface area contributed by atoms with Gasteiger partial charge in [-0.05, 0) is 31.5 Å². The molecule has 1 saturated heterocycles. The summed E-state index contributed by atoms with van der Waals surface area (Å²) in [7, 11) is 0. The van der Waals surface area contributed by atoms with Gasteiger partial charge in [-0.25, -0.2) is 0 Å². The lowest BCUT2D eigenvalue weighted by Gasteiger charge is -2.44. The Hall–Kier alpha value is -1.55. The van der Waals surface area contributed by atoms with Crippen LogP contribution in [0.1, 0.15) is 18.9 Å². The Morgan fingerprint density at radius 3 is 2.83 bits per heavy atom. The Balaban J connectivity index is 1.71. The predicted molar refractivity (Wildman–Crippen MR) is 68.5 cm³/mol.